The van der Waals surface area contributed by atoms with E-state index in [9.17, 15) is 4.79 Å². The van der Waals surface area contributed by atoms with Gasteiger partial charge in [0.05, 0.1) is 12.3 Å². The molecule has 1 amide bonds. The minimum Gasteiger partial charge on any atom is -0.351 e. The summed E-state index contributed by atoms with van der Waals surface area (Å²) in [6.45, 7) is 2.52. The summed E-state index contributed by atoms with van der Waals surface area (Å²) in [6, 6.07) is 7.84. The number of rotatable bonds is 0. The number of benzene rings is 1. The van der Waals surface area contributed by atoms with E-state index in [1.54, 1.807) is 11.9 Å². The van der Waals surface area contributed by atoms with Crippen molar-refractivity contribution in [1.29, 1.82) is 0 Å². The van der Waals surface area contributed by atoms with Crippen LogP contribution in [0.4, 0.5) is 5.69 Å². The van der Waals surface area contributed by atoms with Crippen LogP contribution in [0.5, 0.6) is 0 Å². The Labute approximate surface area is 114 Å². The fourth-order valence-corrected chi connectivity index (χ4v) is 3.14. The molecule has 0 radical (unpaired) electrons. The number of fused-ring (bicyclic) bond motifs is 2. The van der Waals surface area contributed by atoms with Gasteiger partial charge in [-0.05, 0) is 41.2 Å². The number of amides is 1. The first-order valence-electron chi connectivity index (χ1n) is 5.46. The van der Waals surface area contributed by atoms with E-state index in [0.29, 0.717) is 6.61 Å². The van der Waals surface area contributed by atoms with Crippen molar-refractivity contribution in [3.05, 3.63) is 39.0 Å². The zero-order valence-electron chi connectivity index (χ0n) is 9.66. The number of ether oxygens (including phenoxy) is 1. The fraction of sp³-hybridized carbons (Fsp3) is 0.308. The maximum absolute atomic E-state index is 12.5. The lowest BCUT2D eigenvalue weighted by Gasteiger charge is -2.23. The molecule has 2 heterocycles. The van der Waals surface area contributed by atoms with Crippen LogP contribution in [0.2, 0.25) is 0 Å². The molecule has 0 aliphatic carbocycles. The number of carbonyl (C=O) groups is 1. The van der Waals surface area contributed by atoms with Gasteiger partial charge in [0.2, 0.25) is 0 Å². The summed E-state index contributed by atoms with van der Waals surface area (Å²) in [7, 11) is 1.80. The van der Waals surface area contributed by atoms with Gasteiger partial charge in [-0.3, -0.25) is 4.79 Å². The lowest BCUT2D eigenvalue weighted by atomic mass is 9.89. The Hall–Kier alpha value is -0.880. The van der Waals surface area contributed by atoms with Crippen LogP contribution in [0.1, 0.15) is 12.5 Å². The molecular formula is C13H12INO2. The van der Waals surface area contributed by atoms with E-state index in [-0.39, 0.29) is 5.91 Å². The normalized spacial score (nSPS) is 27.2. The van der Waals surface area contributed by atoms with E-state index in [4.69, 9.17) is 4.74 Å². The van der Waals surface area contributed by atoms with Crippen LogP contribution in [0.3, 0.4) is 0 Å². The Morgan fingerprint density at radius 3 is 2.76 bits per heavy atom. The molecule has 1 atom stereocenters. The number of carbonyl (C=O) groups excluding carboxylic acids is 1. The Bertz CT molecular complexity index is 552. The summed E-state index contributed by atoms with van der Waals surface area (Å²) < 4.78 is 6.99. The zero-order valence-corrected chi connectivity index (χ0v) is 11.8. The molecule has 0 saturated carbocycles. The van der Waals surface area contributed by atoms with Gasteiger partial charge < -0.3 is 9.64 Å². The molecule has 3 rings (SSSR count). The van der Waals surface area contributed by atoms with Gasteiger partial charge in [-0.25, -0.2) is 0 Å². The van der Waals surface area contributed by atoms with Gasteiger partial charge in [0, 0.05) is 16.2 Å². The molecule has 0 aromatic heterocycles. The van der Waals surface area contributed by atoms with Crippen molar-refractivity contribution in [2.45, 2.75) is 12.5 Å². The molecule has 1 aromatic carbocycles. The van der Waals surface area contributed by atoms with Crippen molar-refractivity contribution >= 4 is 34.2 Å². The Morgan fingerprint density at radius 1 is 1.41 bits per heavy atom. The molecule has 1 aromatic rings. The highest BCUT2D eigenvalue weighted by atomic mass is 127. The summed E-state index contributed by atoms with van der Waals surface area (Å²) in [4.78, 5) is 14.2. The molecule has 0 N–H and O–H groups in total. The van der Waals surface area contributed by atoms with Crippen LogP contribution >= 0.6 is 22.6 Å². The maximum Gasteiger partial charge on any atom is 0.268 e. The van der Waals surface area contributed by atoms with Crippen LogP contribution in [-0.4, -0.2) is 19.6 Å². The summed E-state index contributed by atoms with van der Waals surface area (Å²) in [5.41, 5.74) is 2.08. The number of para-hydroxylation sites is 1. The summed E-state index contributed by atoms with van der Waals surface area (Å²) >= 11 is 2.26. The van der Waals surface area contributed by atoms with Crippen molar-refractivity contribution in [1.82, 2.24) is 0 Å². The van der Waals surface area contributed by atoms with Crippen LogP contribution in [-0.2, 0) is 15.1 Å². The van der Waals surface area contributed by atoms with E-state index in [1.807, 2.05) is 31.2 Å². The second-order valence-corrected chi connectivity index (χ2v) is 5.68. The Kier molecular flexibility index (Phi) is 2.35. The molecule has 4 heteroatoms. The largest absolute Gasteiger partial charge is 0.351 e. The third-order valence-corrected chi connectivity index (χ3v) is 4.72. The predicted octanol–water partition coefficient (Wildman–Crippen LogP) is 2.60. The van der Waals surface area contributed by atoms with Crippen molar-refractivity contribution in [2.75, 3.05) is 18.6 Å². The number of hydrogen-bond donors (Lipinski definition) is 0. The van der Waals surface area contributed by atoms with Crippen LogP contribution in [0.15, 0.2) is 33.4 Å². The topological polar surface area (TPSA) is 29.5 Å². The molecule has 0 fully saturated rings. The standard InChI is InChI=1S/C13H12INO2/c1-8-10(14)7-17-13(8)9-5-3-4-6-11(9)15(2)12(13)16/h3-6H,7H2,1-2H3. The van der Waals surface area contributed by atoms with Gasteiger partial charge >= 0.3 is 0 Å². The lowest BCUT2D eigenvalue weighted by molar-refractivity contribution is -0.135. The predicted molar refractivity (Wildman–Crippen MR) is 74.2 cm³/mol. The highest BCUT2D eigenvalue weighted by Gasteiger charge is 2.55. The van der Waals surface area contributed by atoms with E-state index in [1.165, 1.54) is 0 Å². The molecule has 88 valence electrons. The SMILES string of the molecule is CC1=C(I)COC12C(=O)N(C)c1ccccc12. The molecule has 2 aliphatic rings. The first-order valence-corrected chi connectivity index (χ1v) is 6.54. The highest BCUT2D eigenvalue weighted by Crippen LogP contribution is 2.51. The maximum atomic E-state index is 12.5. The van der Waals surface area contributed by atoms with Gasteiger partial charge in [-0.1, -0.05) is 18.2 Å². The zero-order chi connectivity index (χ0) is 12.2. The summed E-state index contributed by atoms with van der Waals surface area (Å²) in [6.07, 6.45) is 0. The Morgan fingerprint density at radius 2 is 2.12 bits per heavy atom. The van der Waals surface area contributed by atoms with E-state index >= 15 is 0 Å². The first kappa shape index (κ1) is 11.2. The van der Waals surface area contributed by atoms with Gasteiger partial charge in [-0.15, -0.1) is 0 Å². The van der Waals surface area contributed by atoms with E-state index < -0.39 is 5.60 Å². The highest BCUT2D eigenvalue weighted by molar-refractivity contribution is 14.1. The minimum absolute atomic E-state index is 0.0165. The van der Waals surface area contributed by atoms with Crippen LogP contribution in [0.25, 0.3) is 0 Å². The van der Waals surface area contributed by atoms with Crippen LogP contribution in [0, 0.1) is 0 Å². The molecule has 0 bridgehead atoms. The van der Waals surface area contributed by atoms with Crippen LogP contribution < -0.4 is 4.90 Å². The summed E-state index contributed by atoms with van der Waals surface area (Å²) in [5.74, 6) is 0.0165. The average Bonchev–Trinajstić information content (AvgIpc) is 2.76. The monoisotopic (exact) mass is 341 g/mol. The number of halogens is 1. The third-order valence-electron chi connectivity index (χ3n) is 3.60. The first-order chi connectivity index (χ1) is 8.09. The smallest absolute Gasteiger partial charge is 0.268 e. The van der Waals surface area contributed by atoms with Crippen molar-refractivity contribution < 1.29 is 9.53 Å². The molecule has 1 unspecified atom stereocenters. The number of hydrogen-bond acceptors (Lipinski definition) is 2. The lowest BCUT2D eigenvalue weighted by Crippen LogP contribution is -2.39. The quantitative estimate of drug-likeness (QED) is 0.679. The average molecular weight is 341 g/mol. The molecular weight excluding hydrogens is 329 g/mol. The molecule has 3 nitrogen and oxygen atoms in total. The number of likely N-dealkylation sites (N-methyl/N-ethyl adjacent to an activating group) is 1. The second-order valence-electron chi connectivity index (χ2n) is 4.38. The van der Waals surface area contributed by atoms with Gasteiger partial charge in [0.25, 0.3) is 5.91 Å². The van der Waals surface area contributed by atoms with Crippen molar-refractivity contribution in [3.8, 4) is 0 Å². The minimum atomic E-state index is -0.859. The van der Waals surface area contributed by atoms with Gasteiger partial charge in [-0.2, -0.15) is 0 Å². The van der Waals surface area contributed by atoms with Gasteiger partial charge in [0.1, 0.15) is 0 Å². The van der Waals surface area contributed by atoms with Crippen molar-refractivity contribution in [3.63, 3.8) is 0 Å². The van der Waals surface area contributed by atoms with E-state index in [0.717, 1.165) is 20.4 Å². The van der Waals surface area contributed by atoms with E-state index in [2.05, 4.69) is 22.6 Å². The number of anilines is 1. The Balaban J connectivity index is 2.30. The third kappa shape index (κ3) is 1.22. The summed E-state index contributed by atoms with van der Waals surface area (Å²) in [5, 5.41) is 0. The van der Waals surface area contributed by atoms with Gasteiger partial charge in [0.15, 0.2) is 5.60 Å². The molecule has 0 saturated heterocycles. The fourth-order valence-electron chi connectivity index (χ4n) is 2.61. The second kappa shape index (κ2) is 3.55. The number of nitrogens with zero attached hydrogens (tertiary/aromatic N) is 1. The molecule has 2 aliphatic heterocycles. The van der Waals surface area contributed by atoms with Crippen molar-refractivity contribution in [2.24, 2.45) is 0 Å². The molecule has 1 spiro atoms. The molecule has 17 heavy (non-hydrogen) atoms.